The quantitative estimate of drug-likeness (QED) is 0.0261. The summed E-state index contributed by atoms with van der Waals surface area (Å²) in [5.74, 6) is -0.830. The molecular formula is C72H138O6. The van der Waals surface area contributed by atoms with E-state index in [1.54, 1.807) is 0 Å². The lowest BCUT2D eigenvalue weighted by atomic mass is 10.0. The van der Waals surface area contributed by atoms with Gasteiger partial charge in [0, 0.05) is 19.3 Å². The number of carbonyl (C=O) groups is 3. The SMILES string of the molecule is CCCCCCCCCC/C=C\CCCCCCCCCCCCCCCCCCCCCCCC(=O)OCC(COC(=O)CCCCCCCCCCCC)OC(=O)CCCCCCCCCCCCCCCCCCC. The van der Waals surface area contributed by atoms with Gasteiger partial charge in [0.1, 0.15) is 13.2 Å². The van der Waals surface area contributed by atoms with Crippen molar-refractivity contribution in [1.82, 2.24) is 0 Å². The van der Waals surface area contributed by atoms with Crippen LogP contribution in [0.4, 0.5) is 0 Å². The fraction of sp³-hybridized carbons (Fsp3) is 0.931. The van der Waals surface area contributed by atoms with Gasteiger partial charge in [-0.2, -0.15) is 0 Å². The average molecular weight is 1100 g/mol. The minimum atomic E-state index is -0.763. The van der Waals surface area contributed by atoms with Gasteiger partial charge in [-0.25, -0.2) is 0 Å². The number of hydrogen-bond acceptors (Lipinski definition) is 6. The second-order valence-electron chi connectivity index (χ2n) is 24.5. The van der Waals surface area contributed by atoms with Crippen LogP contribution < -0.4 is 0 Å². The molecule has 0 bridgehead atoms. The summed E-state index contributed by atoms with van der Waals surface area (Å²) in [5.41, 5.74) is 0. The van der Waals surface area contributed by atoms with Crippen LogP contribution in [0.25, 0.3) is 0 Å². The van der Waals surface area contributed by atoms with Crippen molar-refractivity contribution in [2.24, 2.45) is 0 Å². The Kier molecular flexibility index (Phi) is 66.0. The highest BCUT2D eigenvalue weighted by molar-refractivity contribution is 5.71. The zero-order valence-electron chi connectivity index (χ0n) is 53.2. The Bertz CT molecular complexity index is 1210. The summed E-state index contributed by atoms with van der Waals surface area (Å²) in [6.45, 7) is 6.71. The summed E-state index contributed by atoms with van der Waals surface area (Å²) in [4.78, 5) is 38.3. The van der Waals surface area contributed by atoms with E-state index in [0.717, 1.165) is 57.8 Å². The molecule has 0 radical (unpaired) electrons. The van der Waals surface area contributed by atoms with E-state index in [2.05, 4.69) is 32.9 Å². The predicted octanol–water partition coefficient (Wildman–Crippen LogP) is 24.4. The summed E-state index contributed by atoms with van der Waals surface area (Å²) in [7, 11) is 0. The predicted molar refractivity (Wildman–Crippen MR) is 340 cm³/mol. The first-order valence-corrected chi connectivity index (χ1v) is 35.7. The first-order chi connectivity index (χ1) is 38.5. The Morgan fingerprint density at radius 3 is 0.641 bits per heavy atom. The minimum Gasteiger partial charge on any atom is -0.462 e. The maximum absolute atomic E-state index is 12.9. The zero-order valence-corrected chi connectivity index (χ0v) is 53.2. The lowest BCUT2D eigenvalue weighted by Crippen LogP contribution is -2.30. The van der Waals surface area contributed by atoms with Crippen LogP contribution >= 0.6 is 0 Å². The van der Waals surface area contributed by atoms with E-state index < -0.39 is 6.10 Å². The van der Waals surface area contributed by atoms with Crippen LogP contribution in [0, 0.1) is 0 Å². The Labute approximate surface area is 488 Å². The van der Waals surface area contributed by atoms with Gasteiger partial charge in [0.15, 0.2) is 6.10 Å². The van der Waals surface area contributed by atoms with Crippen LogP contribution in [0.15, 0.2) is 12.2 Å². The van der Waals surface area contributed by atoms with Crippen LogP contribution in [0.5, 0.6) is 0 Å². The maximum Gasteiger partial charge on any atom is 0.306 e. The fourth-order valence-corrected chi connectivity index (χ4v) is 11.2. The van der Waals surface area contributed by atoms with Crippen molar-refractivity contribution in [3.8, 4) is 0 Å². The Balaban J connectivity index is 4.01. The van der Waals surface area contributed by atoms with E-state index in [4.69, 9.17) is 14.2 Å². The first kappa shape index (κ1) is 76.1. The number of rotatable bonds is 67. The van der Waals surface area contributed by atoms with Crippen molar-refractivity contribution in [2.75, 3.05) is 13.2 Å². The smallest absolute Gasteiger partial charge is 0.306 e. The Hall–Kier alpha value is -1.85. The molecule has 0 aliphatic heterocycles. The topological polar surface area (TPSA) is 78.9 Å². The summed E-state index contributed by atoms with van der Waals surface area (Å²) in [5, 5.41) is 0. The first-order valence-electron chi connectivity index (χ1n) is 35.7. The van der Waals surface area contributed by atoms with Gasteiger partial charge in [0.05, 0.1) is 0 Å². The van der Waals surface area contributed by atoms with Crippen molar-refractivity contribution in [2.45, 2.75) is 419 Å². The molecule has 0 aromatic heterocycles. The molecular weight excluding hydrogens is 961 g/mol. The Morgan fingerprint density at radius 2 is 0.423 bits per heavy atom. The van der Waals surface area contributed by atoms with E-state index >= 15 is 0 Å². The Morgan fingerprint density at radius 1 is 0.244 bits per heavy atom. The lowest BCUT2D eigenvalue weighted by Gasteiger charge is -2.18. The molecule has 0 rings (SSSR count). The van der Waals surface area contributed by atoms with Crippen LogP contribution in [0.3, 0.4) is 0 Å². The van der Waals surface area contributed by atoms with Gasteiger partial charge >= 0.3 is 17.9 Å². The average Bonchev–Trinajstić information content (AvgIpc) is 3.44. The van der Waals surface area contributed by atoms with Crippen molar-refractivity contribution < 1.29 is 28.6 Å². The molecule has 0 saturated carbocycles. The second kappa shape index (κ2) is 67.7. The second-order valence-corrected chi connectivity index (χ2v) is 24.5. The molecule has 6 heteroatoms. The highest BCUT2D eigenvalue weighted by atomic mass is 16.6. The fourth-order valence-electron chi connectivity index (χ4n) is 11.2. The van der Waals surface area contributed by atoms with Gasteiger partial charge in [-0.3, -0.25) is 14.4 Å². The molecule has 6 nitrogen and oxygen atoms in total. The maximum atomic E-state index is 12.9. The molecule has 0 saturated heterocycles. The molecule has 78 heavy (non-hydrogen) atoms. The van der Waals surface area contributed by atoms with E-state index in [1.165, 1.54) is 315 Å². The van der Waals surface area contributed by atoms with Crippen molar-refractivity contribution >= 4 is 17.9 Å². The molecule has 1 unspecified atom stereocenters. The normalized spacial score (nSPS) is 12.0. The molecule has 0 amide bonds. The van der Waals surface area contributed by atoms with Crippen LogP contribution in [-0.4, -0.2) is 37.2 Å². The van der Waals surface area contributed by atoms with E-state index in [0.29, 0.717) is 19.3 Å². The van der Waals surface area contributed by atoms with E-state index in [-0.39, 0.29) is 31.1 Å². The molecule has 0 aromatic carbocycles. The molecule has 0 fully saturated rings. The molecule has 0 spiro atoms. The van der Waals surface area contributed by atoms with Gasteiger partial charge < -0.3 is 14.2 Å². The number of hydrogen-bond donors (Lipinski definition) is 0. The van der Waals surface area contributed by atoms with Crippen molar-refractivity contribution in [3.63, 3.8) is 0 Å². The van der Waals surface area contributed by atoms with Crippen molar-refractivity contribution in [1.29, 1.82) is 0 Å². The largest absolute Gasteiger partial charge is 0.462 e. The van der Waals surface area contributed by atoms with Gasteiger partial charge in [0.2, 0.25) is 0 Å². The number of ether oxygens (including phenoxy) is 3. The summed E-state index contributed by atoms with van der Waals surface area (Å²) < 4.78 is 16.9. The molecule has 0 aromatic rings. The number of esters is 3. The molecule has 0 heterocycles. The molecule has 1 atom stereocenters. The summed E-state index contributed by atoms with van der Waals surface area (Å²) in [6.07, 6.45) is 81.2. The number of allylic oxidation sites excluding steroid dienone is 2. The molecule has 0 N–H and O–H groups in total. The van der Waals surface area contributed by atoms with Gasteiger partial charge in [-0.05, 0) is 44.9 Å². The van der Waals surface area contributed by atoms with E-state index in [9.17, 15) is 14.4 Å². The van der Waals surface area contributed by atoms with Crippen LogP contribution in [-0.2, 0) is 28.6 Å². The zero-order chi connectivity index (χ0) is 56.4. The number of carbonyl (C=O) groups excluding carboxylic acids is 3. The van der Waals surface area contributed by atoms with Gasteiger partial charge in [0.25, 0.3) is 0 Å². The summed E-state index contributed by atoms with van der Waals surface area (Å²) >= 11 is 0. The standard InChI is InChI=1S/C72H138O6/c1-4-7-10-13-16-19-22-24-26-28-29-30-31-32-33-34-35-36-37-38-39-40-41-42-43-45-46-48-50-53-56-59-62-65-71(74)77-68-69(67-76-70(73)64-61-58-55-52-21-18-15-12-9-6-3)78-72(75)66-63-60-57-54-51-49-47-44-27-25-23-20-17-14-11-8-5-2/h28-29,69H,4-27,30-68H2,1-3H3/b29-28-. The third-order valence-corrected chi connectivity index (χ3v) is 16.5. The summed E-state index contributed by atoms with van der Waals surface area (Å²) in [6, 6.07) is 0. The van der Waals surface area contributed by atoms with E-state index in [1.807, 2.05) is 0 Å². The monoisotopic (exact) mass is 1100 g/mol. The van der Waals surface area contributed by atoms with Crippen molar-refractivity contribution in [3.05, 3.63) is 12.2 Å². The molecule has 0 aliphatic carbocycles. The number of unbranched alkanes of at least 4 members (excludes halogenated alkanes) is 54. The van der Waals surface area contributed by atoms with Crippen LogP contribution in [0.1, 0.15) is 412 Å². The highest BCUT2D eigenvalue weighted by Gasteiger charge is 2.19. The third-order valence-electron chi connectivity index (χ3n) is 16.5. The molecule has 0 aliphatic rings. The lowest BCUT2D eigenvalue weighted by molar-refractivity contribution is -0.167. The molecule has 462 valence electrons. The van der Waals surface area contributed by atoms with Gasteiger partial charge in [-0.15, -0.1) is 0 Å². The third kappa shape index (κ3) is 65.0. The van der Waals surface area contributed by atoms with Gasteiger partial charge in [-0.1, -0.05) is 360 Å². The minimum absolute atomic E-state index is 0.0620. The highest BCUT2D eigenvalue weighted by Crippen LogP contribution is 2.19. The van der Waals surface area contributed by atoms with Crippen LogP contribution in [0.2, 0.25) is 0 Å².